The zero-order valence-electron chi connectivity index (χ0n) is 10.0. The molecular formula is C12H16N4O. The summed E-state index contributed by atoms with van der Waals surface area (Å²) in [7, 11) is 0. The highest BCUT2D eigenvalue weighted by Crippen LogP contribution is 2.35. The van der Waals surface area contributed by atoms with E-state index in [1.54, 1.807) is 6.33 Å². The molecule has 1 N–H and O–H groups in total. The van der Waals surface area contributed by atoms with Gasteiger partial charge in [0.1, 0.15) is 11.8 Å². The number of aromatic nitrogens is 4. The molecule has 1 fully saturated rings. The summed E-state index contributed by atoms with van der Waals surface area (Å²) in [4.78, 5) is 12.8. The van der Waals surface area contributed by atoms with E-state index in [0.717, 1.165) is 29.7 Å². The fourth-order valence-electron chi connectivity index (χ4n) is 2.66. The van der Waals surface area contributed by atoms with Crippen molar-refractivity contribution in [3.63, 3.8) is 0 Å². The van der Waals surface area contributed by atoms with Gasteiger partial charge in [-0.25, -0.2) is 15.0 Å². The number of nitrogens with zero attached hydrogens (tertiary/aromatic N) is 4. The van der Waals surface area contributed by atoms with Gasteiger partial charge >= 0.3 is 0 Å². The van der Waals surface area contributed by atoms with Gasteiger partial charge in [0, 0.05) is 6.04 Å². The monoisotopic (exact) mass is 232 g/mol. The van der Waals surface area contributed by atoms with Crippen LogP contribution in [0, 0.1) is 12.8 Å². The maximum absolute atomic E-state index is 9.83. The lowest BCUT2D eigenvalue weighted by atomic mass is 10.1. The lowest BCUT2D eigenvalue weighted by Gasteiger charge is -2.11. The van der Waals surface area contributed by atoms with Crippen molar-refractivity contribution >= 4 is 11.2 Å². The summed E-state index contributed by atoms with van der Waals surface area (Å²) < 4.78 is 2.08. The van der Waals surface area contributed by atoms with E-state index < -0.39 is 0 Å². The van der Waals surface area contributed by atoms with E-state index in [0.29, 0.717) is 12.0 Å². The number of fused-ring (bicyclic) bond motifs is 1. The summed E-state index contributed by atoms with van der Waals surface area (Å²) in [6.07, 6.45) is 4.96. The molecule has 1 saturated carbocycles. The van der Waals surface area contributed by atoms with E-state index in [2.05, 4.69) is 26.4 Å². The number of hydrogen-bond donors (Lipinski definition) is 1. The molecule has 5 nitrogen and oxygen atoms in total. The van der Waals surface area contributed by atoms with Gasteiger partial charge < -0.3 is 9.67 Å². The standard InChI is InChI=1S/C12H16N4O/c1-7-3-9(4-10(7)17)16-6-15-11-8(2)13-5-14-12(11)16/h5-7,9-10,17H,3-4H2,1-2H3/t7-,9-,10+/m1/s1. The molecule has 0 radical (unpaired) electrons. The Morgan fingerprint density at radius 2 is 2.12 bits per heavy atom. The Bertz CT molecular complexity index is 540. The van der Waals surface area contributed by atoms with Gasteiger partial charge in [-0.1, -0.05) is 6.92 Å². The Balaban J connectivity index is 2.04. The Labute approximate surface area is 99.5 Å². The lowest BCUT2D eigenvalue weighted by Crippen LogP contribution is -2.08. The Morgan fingerprint density at radius 3 is 2.82 bits per heavy atom. The van der Waals surface area contributed by atoms with Crippen molar-refractivity contribution in [3.05, 3.63) is 18.3 Å². The van der Waals surface area contributed by atoms with Crippen LogP contribution in [-0.2, 0) is 0 Å². The van der Waals surface area contributed by atoms with Crippen molar-refractivity contribution in [3.8, 4) is 0 Å². The SMILES string of the molecule is Cc1ncnc2c1ncn2[C@@H]1C[C@@H](C)[C@@H](O)C1. The zero-order valence-corrected chi connectivity index (χ0v) is 10.0. The minimum absolute atomic E-state index is 0.208. The van der Waals surface area contributed by atoms with Gasteiger partial charge in [0.15, 0.2) is 5.65 Å². The average Bonchev–Trinajstić information content (AvgIpc) is 2.85. The van der Waals surface area contributed by atoms with Crippen molar-refractivity contribution in [2.75, 3.05) is 0 Å². The van der Waals surface area contributed by atoms with Gasteiger partial charge in [-0.3, -0.25) is 0 Å². The van der Waals surface area contributed by atoms with Crippen LogP contribution in [0.3, 0.4) is 0 Å². The van der Waals surface area contributed by atoms with Crippen molar-refractivity contribution in [2.45, 2.75) is 38.8 Å². The van der Waals surface area contributed by atoms with Crippen LogP contribution in [0.2, 0.25) is 0 Å². The second-order valence-corrected chi connectivity index (χ2v) is 4.95. The van der Waals surface area contributed by atoms with Gasteiger partial charge in [-0.15, -0.1) is 0 Å². The lowest BCUT2D eigenvalue weighted by molar-refractivity contribution is 0.139. The third-order valence-corrected chi connectivity index (χ3v) is 3.75. The van der Waals surface area contributed by atoms with Crippen LogP contribution in [0.1, 0.15) is 31.5 Å². The summed E-state index contributed by atoms with van der Waals surface area (Å²) in [5, 5.41) is 9.83. The third-order valence-electron chi connectivity index (χ3n) is 3.75. The van der Waals surface area contributed by atoms with Gasteiger partial charge in [0.25, 0.3) is 0 Å². The van der Waals surface area contributed by atoms with Crippen LogP contribution in [-0.4, -0.2) is 30.7 Å². The van der Waals surface area contributed by atoms with E-state index in [4.69, 9.17) is 0 Å². The number of aryl methyl sites for hydroxylation is 1. The van der Waals surface area contributed by atoms with Crippen molar-refractivity contribution < 1.29 is 5.11 Å². The minimum Gasteiger partial charge on any atom is -0.393 e. The number of aliphatic hydroxyl groups is 1. The fraction of sp³-hybridized carbons (Fsp3) is 0.583. The number of rotatable bonds is 1. The predicted octanol–water partition coefficient (Wildman–Crippen LogP) is 1.47. The normalized spacial score (nSPS) is 29.0. The molecule has 3 atom stereocenters. The van der Waals surface area contributed by atoms with Crippen LogP contribution in [0.4, 0.5) is 0 Å². The van der Waals surface area contributed by atoms with Gasteiger partial charge in [0.2, 0.25) is 0 Å². The first-order valence-electron chi connectivity index (χ1n) is 5.99. The van der Waals surface area contributed by atoms with E-state index >= 15 is 0 Å². The first kappa shape index (κ1) is 10.7. The van der Waals surface area contributed by atoms with Crippen LogP contribution in [0.15, 0.2) is 12.7 Å². The van der Waals surface area contributed by atoms with Crippen LogP contribution in [0.5, 0.6) is 0 Å². The number of aliphatic hydroxyl groups excluding tert-OH is 1. The first-order valence-corrected chi connectivity index (χ1v) is 5.99. The highest BCUT2D eigenvalue weighted by Gasteiger charge is 2.31. The summed E-state index contributed by atoms with van der Waals surface area (Å²) in [5.41, 5.74) is 2.64. The van der Waals surface area contributed by atoms with Crippen LogP contribution < -0.4 is 0 Å². The molecule has 2 heterocycles. The Morgan fingerprint density at radius 1 is 1.29 bits per heavy atom. The smallest absolute Gasteiger partial charge is 0.163 e. The van der Waals surface area contributed by atoms with Crippen LogP contribution >= 0.6 is 0 Å². The van der Waals surface area contributed by atoms with Gasteiger partial charge in [0.05, 0.1) is 18.1 Å². The molecular weight excluding hydrogens is 216 g/mol. The van der Waals surface area contributed by atoms with E-state index in [-0.39, 0.29) is 6.10 Å². The molecule has 17 heavy (non-hydrogen) atoms. The summed E-state index contributed by atoms with van der Waals surface area (Å²) in [5.74, 6) is 0.348. The zero-order chi connectivity index (χ0) is 12.0. The second kappa shape index (κ2) is 3.77. The van der Waals surface area contributed by atoms with Crippen molar-refractivity contribution in [1.29, 1.82) is 0 Å². The Kier molecular flexibility index (Phi) is 2.36. The maximum Gasteiger partial charge on any atom is 0.163 e. The summed E-state index contributed by atoms with van der Waals surface area (Å²) in [6, 6.07) is 0.305. The number of imidazole rings is 1. The van der Waals surface area contributed by atoms with Gasteiger partial charge in [-0.2, -0.15) is 0 Å². The van der Waals surface area contributed by atoms with E-state index in [1.807, 2.05) is 13.3 Å². The second-order valence-electron chi connectivity index (χ2n) is 4.95. The average molecular weight is 232 g/mol. The minimum atomic E-state index is -0.208. The molecule has 1 aliphatic rings. The van der Waals surface area contributed by atoms with Gasteiger partial charge in [-0.05, 0) is 25.7 Å². The molecule has 0 unspecified atom stereocenters. The highest BCUT2D eigenvalue weighted by molar-refractivity contribution is 5.72. The van der Waals surface area contributed by atoms with E-state index in [1.165, 1.54) is 0 Å². The molecule has 2 aromatic heterocycles. The fourth-order valence-corrected chi connectivity index (χ4v) is 2.66. The largest absolute Gasteiger partial charge is 0.393 e. The molecule has 2 aromatic rings. The molecule has 0 aliphatic heterocycles. The quantitative estimate of drug-likeness (QED) is 0.808. The molecule has 90 valence electrons. The summed E-state index contributed by atoms with van der Waals surface area (Å²) >= 11 is 0. The van der Waals surface area contributed by atoms with Crippen LogP contribution in [0.25, 0.3) is 11.2 Å². The molecule has 5 heteroatoms. The van der Waals surface area contributed by atoms with Crippen molar-refractivity contribution in [2.24, 2.45) is 5.92 Å². The molecule has 1 aliphatic carbocycles. The number of hydrogen-bond acceptors (Lipinski definition) is 4. The maximum atomic E-state index is 9.83. The predicted molar refractivity (Wildman–Crippen MR) is 63.5 cm³/mol. The Hall–Kier alpha value is -1.49. The molecule has 0 amide bonds. The molecule has 0 bridgehead atoms. The first-order chi connectivity index (χ1) is 8.16. The van der Waals surface area contributed by atoms with E-state index in [9.17, 15) is 5.11 Å². The molecule has 3 rings (SSSR count). The molecule has 0 aromatic carbocycles. The molecule has 0 spiro atoms. The van der Waals surface area contributed by atoms with Crippen molar-refractivity contribution in [1.82, 2.24) is 19.5 Å². The third kappa shape index (κ3) is 1.61. The highest BCUT2D eigenvalue weighted by atomic mass is 16.3. The molecule has 0 saturated heterocycles. The topological polar surface area (TPSA) is 63.8 Å². The summed E-state index contributed by atoms with van der Waals surface area (Å²) in [6.45, 7) is 4.03.